The van der Waals surface area contributed by atoms with Crippen LogP contribution in [0.1, 0.15) is 36.8 Å². The topological polar surface area (TPSA) is 86.3 Å². The van der Waals surface area contributed by atoms with Gasteiger partial charge in [0.25, 0.3) is 5.91 Å². The van der Waals surface area contributed by atoms with E-state index in [0.29, 0.717) is 30.9 Å². The van der Waals surface area contributed by atoms with Crippen molar-refractivity contribution < 1.29 is 33.2 Å². The molecule has 3 atom stereocenters. The zero-order chi connectivity index (χ0) is 23.2. The SMILES string of the molecule is CCO[C@H]1OC(C(=O)NCc2ccc(F)cc2)=C[C@@H](c2ccc3c(c2)OCO3)[C@H]1CCCO. The number of amides is 1. The molecule has 0 bridgehead atoms. The van der Waals surface area contributed by atoms with Crippen molar-refractivity contribution in [1.82, 2.24) is 5.32 Å². The van der Waals surface area contributed by atoms with E-state index in [0.717, 1.165) is 11.1 Å². The van der Waals surface area contributed by atoms with Gasteiger partial charge in [-0.1, -0.05) is 18.2 Å². The second-order valence-electron chi connectivity index (χ2n) is 7.95. The fraction of sp³-hybridized carbons (Fsp3) is 0.400. The molecule has 2 N–H and O–H groups in total. The molecular formula is C25H28FNO6. The summed E-state index contributed by atoms with van der Waals surface area (Å²) in [5.41, 5.74) is 1.72. The maximum atomic E-state index is 13.1. The molecule has 0 spiro atoms. The summed E-state index contributed by atoms with van der Waals surface area (Å²) in [6.07, 6.45) is 2.39. The van der Waals surface area contributed by atoms with Gasteiger partial charge in [-0.15, -0.1) is 0 Å². The Morgan fingerprint density at radius 2 is 1.97 bits per heavy atom. The highest BCUT2D eigenvalue weighted by Gasteiger charge is 2.38. The van der Waals surface area contributed by atoms with Crippen LogP contribution >= 0.6 is 0 Å². The average molecular weight is 457 g/mol. The summed E-state index contributed by atoms with van der Waals surface area (Å²) in [6.45, 7) is 2.75. The molecule has 2 aliphatic heterocycles. The second-order valence-corrected chi connectivity index (χ2v) is 7.95. The molecule has 2 aromatic rings. The van der Waals surface area contributed by atoms with Crippen LogP contribution < -0.4 is 14.8 Å². The van der Waals surface area contributed by atoms with Crippen LogP contribution in [-0.4, -0.2) is 37.3 Å². The van der Waals surface area contributed by atoms with Gasteiger partial charge < -0.3 is 29.4 Å². The lowest BCUT2D eigenvalue weighted by Crippen LogP contribution is -2.39. The number of aliphatic hydroxyl groups excluding tert-OH is 1. The van der Waals surface area contributed by atoms with Crippen LogP contribution in [0.4, 0.5) is 4.39 Å². The van der Waals surface area contributed by atoms with Gasteiger partial charge in [0.15, 0.2) is 17.3 Å². The van der Waals surface area contributed by atoms with E-state index in [2.05, 4.69) is 5.32 Å². The summed E-state index contributed by atoms with van der Waals surface area (Å²) in [5, 5.41) is 12.2. The van der Waals surface area contributed by atoms with Gasteiger partial charge >= 0.3 is 0 Å². The number of carbonyl (C=O) groups is 1. The first-order valence-corrected chi connectivity index (χ1v) is 11.1. The zero-order valence-electron chi connectivity index (χ0n) is 18.5. The smallest absolute Gasteiger partial charge is 0.286 e. The van der Waals surface area contributed by atoms with Crippen LogP contribution in [0.25, 0.3) is 0 Å². The van der Waals surface area contributed by atoms with Crippen LogP contribution in [0, 0.1) is 11.7 Å². The van der Waals surface area contributed by atoms with E-state index in [4.69, 9.17) is 18.9 Å². The van der Waals surface area contributed by atoms with Gasteiger partial charge in [-0.2, -0.15) is 0 Å². The highest BCUT2D eigenvalue weighted by Crippen LogP contribution is 2.42. The van der Waals surface area contributed by atoms with E-state index in [-0.39, 0.29) is 49.3 Å². The first kappa shape index (κ1) is 23.1. The molecule has 0 saturated carbocycles. The monoisotopic (exact) mass is 457 g/mol. The molecule has 4 rings (SSSR count). The van der Waals surface area contributed by atoms with E-state index in [1.165, 1.54) is 12.1 Å². The zero-order valence-corrected chi connectivity index (χ0v) is 18.5. The van der Waals surface area contributed by atoms with Gasteiger partial charge in [-0.25, -0.2) is 4.39 Å². The highest BCUT2D eigenvalue weighted by atomic mass is 19.1. The lowest BCUT2D eigenvalue weighted by atomic mass is 9.80. The Bertz CT molecular complexity index is 993. The van der Waals surface area contributed by atoms with E-state index >= 15 is 0 Å². The molecule has 8 heteroatoms. The number of hydrogen-bond donors (Lipinski definition) is 2. The van der Waals surface area contributed by atoms with Crippen molar-refractivity contribution in [2.75, 3.05) is 20.0 Å². The Morgan fingerprint density at radius 3 is 2.73 bits per heavy atom. The molecule has 0 fully saturated rings. The molecule has 0 saturated heterocycles. The summed E-state index contributed by atoms with van der Waals surface area (Å²) >= 11 is 0. The van der Waals surface area contributed by atoms with Gasteiger partial charge in [-0.05, 0) is 61.2 Å². The van der Waals surface area contributed by atoms with Crippen molar-refractivity contribution in [3.8, 4) is 11.5 Å². The molecule has 2 aliphatic rings. The second kappa shape index (κ2) is 10.7. The molecule has 0 unspecified atom stereocenters. The van der Waals surface area contributed by atoms with Gasteiger partial charge in [-0.3, -0.25) is 4.79 Å². The quantitative estimate of drug-likeness (QED) is 0.598. The van der Waals surface area contributed by atoms with Gasteiger partial charge in [0.05, 0.1) is 0 Å². The number of aliphatic hydroxyl groups is 1. The van der Waals surface area contributed by atoms with Crippen LogP contribution in [0.3, 0.4) is 0 Å². The Hall–Kier alpha value is -3.10. The number of allylic oxidation sites excluding steroid dienone is 1. The number of carbonyl (C=O) groups excluding carboxylic acids is 1. The first-order valence-electron chi connectivity index (χ1n) is 11.1. The summed E-state index contributed by atoms with van der Waals surface area (Å²) in [7, 11) is 0. The predicted molar refractivity (Wildman–Crippen MR) is 118 cm³/mol. The lowest BCUT2D eigenvalue weighted by Gasteiger charge is -2.37. The number of rotatable bonds is 9. The van der Waals surface area contributed by atoms with Crippen molar-refractivity contribution in [3.05, 3.63) is 71.2 Å². The van der Waals surface area contributed by atoms with Crippen molar-refractivity contribution in [3.63, 3.8) is 0 Å². The number of nitrogens with one attached hydrogen (secondary N) is 1. The van der Waals surface area contributed by atoms with E-state index in [9.17, 15) is 14.3 Å². The third kappa shape index (κ3) is 5.46. The summed E-state index contributed by atoms with van der Waals surface area (Å²) in [6, 6.07) is 11.7. The molecule has 1 amide bonds. The van der Waals surface area contributed by atoms with Crippen molar-refractivity contribution in [2.24, 2.45) is 5.92 Å². The minimum absolute atomic E-state index is 0.0535. The number of hydrogen-bond acceptors (Lipinski definition) is 6. The molecule has 0 aromatic heterocycles. The van der Waals surface area contributed by atoms with Crippen LogP contribution in [0.15, 0.2) is 54.3 Å². The minimum atomic E-state index is -0.645. The predicted octanol–water partition coefficient (Wildman–Crippen LogP) is 3.62. The molecule has 0 radical (unpaired) electrons. The number of halogens is 1. The molecular weight excluding hydrogens is 429 g/mol. The van der Waals surface area contributed by atoms with E-state index in [1.54, 1.807) is 18.2 Å². The Morgan fingerprint density at radius 1 is 1.18 bits per heavy atom. The number of fused-ring (bicyclic) bond motifs is 1. The number of ether oxygens (including phenoxy) is 4. The van der Waals surface area contributed by atoms with Gasteiger partial charge in [0.1, 0.15) is 5.82 Å². The third-order valence-corrected chi connectivity index (χ3v) is 5.78. The van der Waals surface area contributed by atoms with E-state index in [1.807, 2.05) is 25.1 Å². The minimum Gasteiger partial charge on any atom is -0.459 e. The molecule has 7 nitrogen and oxygen atoms in total. The van der Waals surface area contributed by atoms with Crippen molar-refractivity contribution in [2.45, 2.75) is 38.5 Å². The highest BCUT2D eigenvalue weighted by molar-refractivity contribution is 5.91. The normalized spacial score (nSPS) is 21.3. The fourth-order valence-electron chi connectivity index (χ4n) is 4.14. The van der Waals surface area contributed by atoms with Crippen molar-refractivity contribution >= 4 is 5.91 Å². The fourth-order valence-corrected chi connectivity index (χ4v) is 4.14. The Labute approximate surface area is 192 Å². The molecule has 0 aliphatic carbocycles. The molecule has 33 heavy (non-hydrogen) atoms. The average Bonchev–Trinajstić information content (AvgIpc) is 3.30. The Balaban J connectivity index is 1.59. The largest absolute Gasteiger partial charge is 0.459 e. The van der Waals surface area contributed by atoms with Crippen LogP contribution in [-0.2, 0) is 20.8 Å². The summed E-state index contributed by atoms with van der Waals surface area (Å²) < 4.78 is 36.0. The van der Waals surface area contributed by atoms with Gasteiger partial charge in [0.2, 0.25) is 13.1 Å². The number of benzene rings is 2. The maximum Gasteiger partial charge on any atom is 0.286 e. The lowest BCUT2D eigenvalue weighted by molar-refractivity contribution is -0.166. The summed E-state index contributed by atoms with van der Waals surface area (Å²) in [4.78, 5) is 13.0. The molecule has 2 heterocycles. The third-order valence-electron chi connectivity index (χ3n) is 5.78. The first-order chi connectivity index (χ1) is 16.1. The van der Waals surface area contributed by atoms with Crippen molar-refractivity contribution in [1.29, 1.82) is 0 Å². The van der Waals surface area contributed by atoms with E-state index < -0.39 is 6.29 Å². The standard InChI is InChI=1S/C25H28FNO6/c1-2-30-25-19(4-3-11-28)20(17-7-10-21-22(12-17)32-15-31-21)13-23(33-25)24(29)27-14-16-5-8-18(26)9-6-16/h5-10,12-13,19-20,25,28H,2-4,11,14-15H2,1H3,(H,27,29)/t19-,20+,25+/m1/s1. The summed E-state index contributed by atoms with van der Waals surface area (Å²) in [5.74, 6) is 0.496. The maximum absolute atomic E-state index is 13.1. The van der Waals surface area contributed by atoms with Gasteiger partial charge in [0, 0.05) is 31.6 Å². The Kier molecular flexibility index (Phi) is 7.47. The molecule has 176 valence electrons. The van der Waals surface area contributed by atoms with Crippen LogP contribution in [0.2, 0.25) is 0 Å². The van der Waals surface area contributed by atoms with Crippen LogP contribution in [0.5, 0.6) is 11.5 Å². The molecule has 2 aromatic carbocycles.